The van der Waals surface area contributed by atoms with Crippen molar-refractivity contribution < 1.29 is 9.84 Å². The number of aromatic nitrogens is 1. The Morgan fingerprint density at radius 2 is 2.20 bits per heavy atom. The van der Waals surface area contributed by atoms with E-state index in [-0.39, 0.29) is 6.61 Å². The second-order valence-electron chi connectivity index (χ2n) is 3.37. The van der Waals surface area contributed by atoms with Crippen molar-refractivity contribution in [3.05, 3.63) is 28.9 Å². The number of ether oxygens (including phenoxy) is 1. The Balaban J connectivity index is 2.80. The molecule has 0 aliphatic carbocycles. The first kappa shape index (κ1) is 10.3. The van der Waals surface area contributed by atoms with Gasteiger partial charge in [-0.2, -0.15) is 0 Å². The molecule has 15 heavy (non-hydrogen) atoms. The highest BCUT2D eigenvalue weighted by molar-refractivity contribution is 6.32. The largest absolute Gasteiger partial charge is 0.497 e. The maximum atomic E-state index is 9.25. The number of hydrogen-bond donors (Lipinski definition) is 1. The van der Waals surface area contributed by atoms with E-state index in [0.717, 1.165) is 22.2 Å². The first-order chi connectivity index (χ1) is 7.19. The Labute approximate surface area is 92.8 Å². The maximum absolute atomic E-state index is 9.25. The number of halogens is 1. The van der Waals surface area contributed by atoms with Gasteiger partial charge in [-0.05, 0) is 18.2 Å². The third-order valence-corrected chi connectivity index (χ3v) is 3.07. The predicted octanol–water partition coefficient (Wildman–Crippen LogP) is 2.33. The average molecular weight is 226 g/mol. The number of aliphatic hydroxyl groups excluding tert-OH is 1. The van der Waals surface area contributed by atoms with Crippen LogP contribution in [0.2, 0.25) is 5.15 Å². The lowest BCUT2D eigenvalue weighted by atomic mass is 10.2. The van der Waals surface area contributed by atoms with Crippen molar-refractivity contribution in [2.75, 3.05) is 7.11 Å². The standard InChI is InChI=1S/C11H12ClNO2/c1-13-10-4-3-7(15-2)5-8(10)9(6-14)11(13)12/h3-5,14H,6H2,1-2H3. The van der Waals surface area contributed by atoms with E-state index in [9.17, 15) is 5.11 Å². The summed E-state index contributed by atoms with van der Waals surface area (Å²) in [4.78, 5) is 0. The molecule has 0 radical (unpaired) electrons. The van der Waals surface area contributed by atoms with Crippen LogP contribution in [0.15, 0.2) is 18.2 Å². The Morgan fingerprint density at radius 1 is 1.47 bits per heavy atom. The van der Waals surface area contributed by atoms with Gasteiger partial charge in [0, 0.05) is 23.5 Å². The van der Waals surface area contributed by atoms with Crippen molar-refractivity contribution in [3.8, 4) is 5.75 Å². The molecule has 0 fully saturated rings. The van der Waals surface area contributed by atoms with Crippen LogP contribution >= 0.6 is 11.6 Å². The fraction of sp³-hybridized carbons (Fsp3) is 0.273. The Bertz CT molecular complexity index is 505. The van der Waals surface area contributed by atoms with E-state index in [1.54, 1.807) is 7.11 Å². The molecule has 4 heteroatoms. The van der Waals surface area contributed by atoms with Gasteiger partial charge in [0.1, 0.15) is 10.9 Å². The van der Waals surface area contributed by atoms with Crippen molar-refractivity contribution in [3.63, 3.8) is 0 Å². The maximum Gasteiger partial charge on any atom is 0.119 e. The SMILES string of the molecule is COc1ccc2c(c1)c(CO)c(Cl)n2C. The van der Waals surface area contributed by atoms with Crippen LogP contribution in [-0.4, -0.2) is 16.8 Å². The molecule has 0 saturated carbocycles. The zero-order chi connectivity index (χ0) is 11.0. The van der Waals surface area contributed by atoms with E-state index in [1.165, 1.54) is 0 Å². The summed E-state index contributed by atoms with van der Waals surface area (Å²) in [6.07, 6.45) is 0. The lowest BCUT2D eigenvalue weighted by Gasteiger charge is -2.00. The summed E-state index contributed by atoms with van der Waals surface area (Å²) in [5.74, 6) is 0.763. The number of hydrogen-bond acceptors (Lipinski definition) is 2. The highest BCUT2D eigenvalue weighted by Gasteiger charge is 2.12. The lowest BCUT2D eigenvalue weighted by molar-refractivity contribution is 0.283. The van der Waals surface area contributed by atoms with Crippen molar-refractivity contribution in [1.29, 1.82) is 0 Å². The van der Waals surface area contributed by atoms with Gasteiger partial charge < -0.3 is 14.4 Å². The minimum absolute atomic E-state index is 0.0661. The highest BCUT2D eigenvalue weighted by Crippen LogP contribution is 2.31. The Hall–Kier alpha value is -1.19. The number of fused-ring (bicyclic) bond motifs is 1. The van der Waals surface area contributed by atoms with Gasteiger partial charge in [-0.1, -0.05) is 11.6 Å². The Kier molecular flexibility index (Phi) is 2.59. The normalized spacial score (nSPS) is 10.9. The molecule has 0 saturated heterocycles. The van der Waals surface area contributed by atoms with Crippen molar-refractivity contribution >= 4 is 22.5 Å². The molecule has 3 nitrogen and oxygen atoms in total. The van der Waals surface area contributed by atoms with Crippen LogP contribution in [0.3, 0.4) is 0 Å². The molecule has 2 rings (SSSR count). The molecule has 1 N–H and O–H groups in total. The summed E-state index contributed by atoms with van der Waals surface area (Å²) in [5.41, 5.74) is 1.73. The lowest BCUT2D eigenvalue weighted by Crippen LogP contribution is -1.87. The molecular weight excluding hydrogens is 214 g/mol. The van der Waals surface area contributed by atoms with E-state index in [1.807, 2.05) is 29.8 Å². The number of benzene rings is 1. The van der Waals surface area contributed by atoms with E-state index in [2.05, 4.69) is 0 Å². The van der Waals surface area contributed by atoms with Gasteiger partial charge in [0.05, 0.1) is 13.7 Å². The van der Waals surface area contributed by atoms with E-state index >= 15 is 0 Å². The topological polar surface area (TPSA) is 34.4 Å². The summed E-state index contributed by atoms with van der Waals surface area (Å²) in [6, 6.07) is 5.69. The van der Waals surface area contributed by atoms with Crippen LogP contribution in [0.1, 0.15) is 5.56 Å². The summed E-state index contributed by atoms with van der Waals surface area (Å²) < 4.78 is 6.99. The van der Waals surface area contributed by atoms with Gasteiger partial charge in [0.25, 0.3) is 0 Å². The molecule has 1 aromatic heterocycles. The summed E-state index contributed by atoms with van der Waals surface area (Å²) in [5, 5.41) is 10.8. The second-order valence-corrected chi connectivity index (χ2v) is 3.73. The molecule has 0 bridgehead atoms. The summed E-state index contributed by atoms with van der Waals surface area (Å²) in [7, 11) is 3.49. The van der Waals surface area contributed by atoms with Gasteiger partial charge in [-0.15, -0.1) is 0 Å². The molecule has 0 spiro atoms. The van der Waals surface area contributed by atoms with Gasteiger partial charge in [0.15, 0.2) is 0 Å². The first-order valence-electron chi connectivity index (χ1n) is 4.60. The minimum atomic E-state index is -0.0661. The average Bonchev–Trinajstić information content (AvgIpc) is 2.51. The highest BCUT2D eigenvalue weighted by atomic mass is 35.5. The first-order valence-corrected chi connectivity index (χ1v) is 4.98. The molecule has 0 aliphatic rings. The summed E-state index contributed by atoms with van der Waals surface area (Å²) >= 11 is 6.09. The van der Waals surface area contributed by atoms with Crippen LogP contribution in [0, 0.1) is 0 Å². The van der Waals surface area contributed by atoms with Crippen LogP contribution in [-0.2, 0) is 13.7 Å². The quantitative estimate of drug-likeness (QED) is 0.851. The number of aliphatic hydroxyl groups is 1. The zero-order valence-corrected chi connectivity index (χ0v) is 9.38. The van der Waals surface area contributed by atoms with Crippen LogP contribution in [0.4, 0.5) is 0 Å². The molecule has 2 aromatic rings. The van der Waals surface area contributed by atoms with Crippen molar-refractivity contribution in [2.24, 2.45) is 7.05 Å². The van der Waals surface area contributed by atoms with Gasteiger partial charge >= 0.3 is 0 Å². The van der Waals surface area contributed by atoms with Gasteiger partial charge in [0.2, 0.25) is 0 Å². The number of nitrogens with zero attached hydrogens (tertiary/aromatic N) is 1. The third-order valence-electron chi connectivity index (χ3n) is 2.59. The molecule has 0 unspecified atom stereocenters. The minimum Gasteiger partial charge on any atom is -0.497 e. The van der Waals surface area contributed by atoms with E-state index < -0.39 is 0 Å². The van der Waals surface area contributed by atoms with Crippen LogP contribution in [0.25, 0.3) is 10.9 Å². The van der Waals surface area contributed by atoms with Crippen molar-refractivity contribution in [1.82, 2.24) is 4.57 Å². The Morgan fingerprint density at radius 3 is 2.80 bits per heavy atom. The zero-order valence-electron chi connectivity index (χ0n) is 8.62. The molecular formula is C11H12ClNO2. The fourth-order valence-corrected chi connectivity index (χ4v) is 2.00. The summed E-state index contributed by atoms with van der Waals surface area (Å²) in [6.45, 7) is -0.0661. The van der Waals surface area contributed by atoms with Crippen LogP contribution in [0.5, 0.6) is 5.75 Å². The smallest absolute Gasteiger partial charge is 0.119 e. The fourth-order valence-electron chi connectivity index (χ4n) is 1.75. The van der Waals surface area contributed by atoms with Crippen LogP contribution < -0.4 is 4.74 Å². The van der Waals surface area contributed by atoms with Crippen molar-refractivity contribution in [2.45, 2.75) is 6.61 Å². The second kappa shape index (κ2) is 3.76. The van der Waals surface area contributed by atoms with Gasteiger partial charge in [-0.3, -0.25) is 0 Å². The number of methoxy groups -OCH3 is 1. The predicted molar refractivity (Wildman–Crippen MR) is 60.4 cm³/mol. The molecule has 0 atom stereocenters. The van der Waals surface area contributed by atoms with Gasteiger partial charge in [-0.25, -0.2) is 0 Å². The number of aryl methyl sites for hydroxylation is 1. The number of rotatable bonds is 2. The molecule has 1 heterocycles. The molecule has 80 valence electrons. The van der Waals surface area contributed by atoms with E-state index in [4.69, 9.17) is 16.3 Å². The monoisotopic (exact) mass is 225 g/mol. The molecule has 1 aromatic carbocycles. The molecule has 0 amide bonds. The van der Waals surface area contributed by atoms with E-state index in [0.29, 0.717) is 5.15 Å². The molecule has 0 aliphatic heterocycles. The third kappa shape index (κ3) is 1.48.